The number of ether oxygens (including phenoxy) is 1. The Kier molecular flexibility index (Phi) is 5.94. The van der Waals surface area contributed by atoms with Crippen LogP contribution in [0.1, 0.15) is 27.4 Å². The van der Waals surface area contributed by atoms with Gasteiger partial charge < -0.3 is 14.1 Å². The van der Waals surface area contributed by atoms with E-state index in [4.69, 9.17) is 9.15 Å². The lowest BCUT2D eigenvalue weighted by atomic mass is 10.2. The van der Waals surface area contributed by atoms with Gasteiger partial charge in [-0.15, -0.1) is 0 Å². The summed E-state index contributed by atoms with van der Waals surface area (Å²) in [6.07, 6.45) is 3.74. The first-order chi connectivity index (χ1) is 14.7. The van der Waals surface area contributed by atoms with E-state index in [-0.39, 0.29) is 12.5 Å². The molecule has 0 aliphatic carbocycles. The summed E-state index contributed by atoms with van der Waals surface area (Å²) in [7, 11) is 1.75. The lowest BCUT2D eigenvalue weighted by molar-refractivity contribution is 0.0749. The van der Waals surface area contributed by atoms with Crippen LogP contribution in [0.5, 0.6) is 5.75 Å². The number of carbonyl (C=O) groups excluding carboxylic acids is 1. The summed E-state index contributed by atoms with van der Waals surface area (Å²) in [4.78, 5) is 14.3. The Hall–Kier alpha value is -3.80. The Morgan fingerprint density at radius 1 is 1.00 bits per heavy atom. The summed E-state index contributed by atoms with van der Waals surface area (Å²) in [6, 6.07) is 23.1. The molecule has 0 N–H and O–H groups in total. The van der Waals surface area contributed by atoms with Gasteiger partial charge in [0.05, 0.1) is 12.7 Å². The van der Waals surface area contributed by atoms with Gasteiger partial charge >= 0.3 is 0 Å². The first kappa shape index (κ1) is 19.5. The molecular weight excluding hydrogens is 378 g/mol. The molecule has 152 valence electrons. The molecule has 4 rings (SSSR count). The van der Waals surface area contributed by atoms with Gasteiger partial charge in [0.25, 0.3) is 5.91 Å². The van der Waals surface area contributed by atoms with Gasteiger partial charge in [-0.1, -0.05) is 48.5 Å². The first-order valence-corrected chi connectivity index (χ1v) is 9.74. The number of aromatic nitrogens is 2. The van der Waals surface area contributed by atoms with E-state index in [2.05, 4.69) is 17.2 Å². The first-order valence-electron chi connectivity index (χ1n) is 9.74. The number of benzene rings is 2. The van der Waals surface area contributed by atoms with Crippen LogP contribution in [0.3, 0.4) is 0 Å². The molecule has 1 amide bonds. The maximum atomic E-state index is 12.7. The van der Waals surface area contributed by atoms with Gasteiger partial charge in [-0.05, 0) is 29.8 Å². The van der Waals surface area contributed by atoms with Crippen LogP contribution in [0.2, 0.25) is 0 Å². The lowest BCUT2D eigenvalue weighted by Gasteiger charge is -2.14. The molecule has 0 radical (unpaired) electrons. The summed E-state index contributed by atoms with van der Waals surface area (Å²) in [5.41, 5.74) is 2.14. The predicted molar refractivity (Wildman–Crippen MR) is 113 cm³/mol. The average Bonchev–Trinajstić information content (AvgIpc) is 3.43. The third-order valence-electron chi connectivity index (χ3n) is 4.64. The molecule has 0 aliphatic heterocycles. The Morgan fingerprint density at radius 2 is 1.73 bits per heavy atom. The Morgan fingerprint density at radius 3 is 2.50 bits per heavy atom. The Bertz CT molecular complexity index is 1090. The molecule has 0 atom stereocenters. The molecule has 0 fully saturated rings. The second kappa shape index (κ2) is 9.13. The zero-order valence-corrected chi connectivity index (χ0v) is 16.8. The second-order valence-electron chi connectivity index (χ2n) is 7.06. The number of hydrogen-bond acceptors (Lipinski definition) is 4. The fourth-order valence-electron chi connectivity index (χ4n) is 3.12. The van der Waals surface area contributed by atoms with Crippen molar-refractivity contribution in [2.24, 2.45) is 0 Å². The molecule has 6 heteroatoms. The Balaban J connectivity index is 1.32. The van der Waals surface area contributed by atoms with Crippen LogP contribution in [0.4, 0.5) is 0 Å². The molecule has 6 nitrogen and oxygen atoms in total. The zero-order chi connectivity index (χ0) is 20.8. The summed E-state index contributed by atoms with van der Waals surface area (Å²) < 4.78 is 13.2. The highest BCUT2D eigenvalue weighted by atomic mass is 16.5. The molecule has 2 heterocycles. The van der Waals surface area contributed by atoms with Crippen molar-refractivity contribution < 1.29 is 13.9 Å². The average molecular weight is 401 g/mol. The summed E-state index contributed by atoms with van der Waals surface area (Å²) in [5, 5.41) is 4.39. The summed E-state index contributed by atoms with van der Waals surface area (Å²) >= 11 is 0. The predicted octanol–water partition coefficient (Wildman–Crippen LogP) is 4.38. The van der Waals surface area contributed by atoms with Gasteiger partial charge in [0.15, 0.2) is 5.76 Å². The maximum Gasteiger partial charge on any atom is 0.289 e. The van der Waals surface area contributed by atoms with Crippen LogP contribution in [0.15, 0.2) is 89.6 Å². The Labute approximate surface area is 175 Å². The van der Waals surface area contributed by atoms with Crippen LogP contribution >= 0.6 is 0 Å². The number of furan rings is 1. The molecule has 0 unspecified atom stereocenters. The minimum Gasteiger partial charge on any atom is -0.486 e. The largest absolute Gasteiger partial charge is 0.486 e. The number of carbonyl (C=O) groups is 1. The van der Waals surface area contributed by atoms with Crippen molar-refractivity contribution in [3.05, 3.63) is 108 Å². The van der Waals surface area contributed by atoms with Crippen molar-refractivity contribution in [3.63, 3.8) is 0 Å². The SMILES string of the molecule is CN(Cc1cnn(Cc2ccccc2)c1)C(=O)c1ccc(COc2ccccc2)o1. The highest BCUT2D eigenvalue weighted by molar-refractivity contribution is 5.91. The molecule has 0 aliphatic rings. The van der Waals surface area contributed by atoms with E-state index in [0.717, 1.165) is 11.3 Å². The monoisotopic (exact) mass is 401 g/mol. The third-order valence-corrected chi connectivity index (χ3v) is 4.64. The maximum absolute atomic E-state index is 12.7. The van der Waals surface area contributed by atoms with Crippen molar-refractivity contribution in [2.75, 3.05) is 7.05 Å². The fourth-order valence-corrected chi connectivity index (χ4v) is 3.12. The van der Waals surface area contributed by atoms with Crippen LogP contribution in [-0.2, 0) is 19.7 Å². The lowest BCUT2D eigenvalue weighted by Crippen LogP contribution is -2.25. The zero-order valence-electron chi connectivity index (χ0n) is 16.8. The topological polar surface area (TPSA) is 60.5 Å². The van der Waals surface area contributed by atoms with E-state index in [1.54, 1.807) is 30.3 Å². The van der Waals surface area contributed by atoms with E-state index in [0.29, 0.717) is 24.6 Å². The van der Waals surface area contributed by atoms with Crippen molar-refractivity contribution >= 4 is 5.91 Å². The van der Waals surface area contributed by atoms with Gasteiger partial charge in [0.2, 0.25) is 0 Å². The van der Waals surface area contributed by atoms with Crippen molar-refractivity contribution in [1.29, 1.82) is 0 Å². The van der Waals surface area contributed by atoms with E-state index in [9.17, 15) is 4.79 Å². The molecule has 0 saturated heterocycles. The van der Waals surface area contributed by atoms with Crippen molar-refractivity contribution in [3.8, 4) is 5.75 Å². The van der Waals surface area contributed by atoms with Crippen molar-refractivity contribution in [2.45, 2.75) is 19.7 Å². The summed E-state index contributed by atoms with van der Waals surface area (Å²) in [6.45, 7) is 1.42. The van der Waals surface area contributed by atoms with Crippen molar-refractivity contribution in [1.82, 2.24) is 14.7 Å². The standard InChI is InChI=1S/C24H23N3O3/c1-26(15-20-14-25-27(17-20)16-19-8-4-2-5-9-19)24(28)23-13-12-22(30-23)18-29-21-10-6-3-7-11-21/h2-14,17H,15-16,18H2,1H3. The summed E-state index contributed by atoms with van der Waals surface area (Å²) in [5.74, 6) is 1.47. The number of rotatable bonds is 8. The molecule has 2 aromatic carbocycles. The minimum absolute atomic E-state index is 0.184. The van der Waals surface area contributed by atoms with Gasteiger partial charge in [0, 0.05) is 25.4 Å². The van der Waals surface area contributed by atoms with Gasteiger partial charge in [0.1, 0.15) is 18.1 Å². The molecule has 4 aromatic rings. The van der Waals surface area contributed by atoms with Crippen LogP contribution in [0.25, 0.3) is 0 Å². The van der Waals surface area contributed by atoms with E-state index >= 15 is 0 Å². The van der Waals surface area contributed by atoms with Crippen LogP contribution in [-0.4, -0.2) is 27.6 Å². The number of hydrogen-bond donors (Lipinski definition) is 0. The molecule has 30 heavy (non-hydrogen) atoms. The number of nitrogens with zero attached hydrogens (tertiary/aromatic N) is 3. The van der Waals surface area contributed by atoms with Gasteiger partial charge in [-0.2, -0.15) is 5.10 Å². The molecular formula is C24H23N3O3. The minimum atomic E-state index is -0.184. The molecule has 0 spiro atoms. The van der Waals surface area contributed by atoms with E-state index < -0.39 is 0 Å². The normalized spacial score (nSPS) is 10.7. The van der Waals surface area contributed by atoms with Crippen LogP contribution in [0, 0.1) is 0 Å². The molecule has 0 bridgehead atoms. The third kappa shape index (κ3) is 4.97. The number of para-hydroxylation sites is 1. The molecule has 2 aromatic heterocycles. The highest BCUT2D eigenvalue weighted by Gasteiger charge is 2.17. The fraction of sp³-hybridized carbons (Fsp3) is 0.167. The highest BCUT2D eigenvalue weighted by Crippen LogP contribution is 2.16. The van der Waals surface area contributed by atoms with Crippen LogP contribution < -0.4 is 4.74 Å². The van der Waals surface area contributed by atoms with Gasteiger partial charge in [-0.25, -0.2) is 0 Å². The van der Waals surface area contributed by atoms with Gasteiger partial charge in [-0.3, -0.25) is 9.48 Å². The second-order valence-corrected chi connectivity index (χ2v) is 7.06. The quantitative estimate of drug-likeness (QED) is 0.440. The number of amides is 1. The smallest absolute Gasteiger partial charge is 0.289 e. The van der Waals surface area contributed by atoms with E-state index in [1.165, 1.54) is 5.56 Å². The van der Waals surface area contributed by atoms with E-state index in [1.807, 2.05) is 59.4 Å². The molecule has 0 saturated carbocycles.